The van der Waals surface area contributed by atoms with Crippen LogP contribution in [0.15, 0.2) is 36.4 Å². The Labute approximate surface area is 157 Å². The van der Waals surface area contributed by atoms with E-state index in [-0.39, 0.29) is 0 Å². The van der Waals surface area contributed by atoms with Crippen molar-refractivity contribution in [2.75, 3.05) is 18.5 Å². The fourth-order valence-electron chi connectivity index (χ4n) is 3.96. The van der Waals surface area contributed by atoms with Gasteiger partial charge in [-0.2, -0.15) is 5.26 Å². The first kappa shape index (κ1) is 18.6. The number of ether oxygens (including phenoxy) is 1. The highest BCUT2D eigenvalue weighted by Gasteiger charge is 2.30. The molecule has 3 rings (SSSR count). The van der Waals surface area contributed by atoms with Gasteiger partial charge >= 0.3 is 0 Å². The summed E-state index contributed by atoms with van der Waals surface area (Å²) in [5.41, 5.74) is 1.47. The van der Waals surface area contributed by atoms with Crippen LogP contribution in [0.3, 0.4) is 0 Å². The standard InChI is InChI=1S/C23H30N2O/c1-23(2,3)19-7-11-21(12-8-19)26-22-10-6-17-15-20(25(4)14-13-24)9-5-18(17)16-22/h5-6,9-10,15-16,19,21H,7-8,11-12,14H2,1-4H3. The van der Waals surface area contributed by atoms with Crippen LogP contribution in [-0.4, -0.2) is 19.7 Å². The molecule has 0 aliphatic heterocycles. The Balaban J connectivity index is 1.67. The van der Waals surface area contributed by atoms with Gasteiger partial charge in [-0.3, -0.25) is 0 Å². The second-order valence-electron chi connectivity index (χ2n) is 8.66. The molecule has 138 valence electrons. The minimum atomic E-state index is 0.340. The molecule has 0 saturated heterocycles. The molecule has 1 saturated carbocycles. The zero-order valence-corrected chi connectivity index (χ0v) is 16.5. The predicted octanol–water partition coefficient (Wildman–Crippen LogP) is 5.78. The summed E-state index contributed by atoms with van der Waals surface area (Å²) in [6.45, 7) is 7.45. The van der Waals surface area contributed by atoms with Crippen molar-refractivity contribution in [1.82, 2.24) is 0 Å². The van der Waals surface area contributed by atoms with Gasteiger partial charge in [-0.1, -0.05) is 32.9 Å². The maximum Gasteiger partial charge on any atom is 0.120 e. The summed E-state index contributed by atoms with van der Waals surface area (Å²) in [7, 11) is 1.94. The van der Waals surface area contributed by atoms with Crippen molar-refractivity contribution < 1.29 is 4.74 Å². The lowest BCUT2D eigenvalue weighted by molar-refractivity contribution is 0.0883. The molecular weight excluding hydrogens is 320 g/mol. The Bertz CT molecular complexity index is 792. The van der Waals surface area contributed by atoms with Gasteiger partial charge in [0.2, 0.25) is 0 Å². The molecule has 0 amide bonds. The van der Waals surface area contributed by atoms with E-state index in [1.165, 1.54) is 23.6 Å². The summed E-state index contributed by atoms with van der Waals surface area (Å²) in [6, 6.07) is 14.8. The summed E-state index contributed by atoms with van der Waals surface area (Å²) in [6.07, 6.45) is 5.16. The lowest BCUT2D eigenvalue weighted by Gasteiger charge is -2.37. The third kappa shape index (κ3) is 4.30. The SMILES string of the molecule is CN(CC#N)c1ccc2cc(OC3CCC(C(C)(C)C)CC3)ccc2c1. The van der Waals surface area contributed by atoms with Gasteiger partial charge < -0.3 is 9.64 Å². The molecular formula is C23H30N2O. The summed E-state index contributed by atoms with van der Waals surface area (Å²) < 4.78 is 6.29. The number of rotatable bonds is 4. The largest absolute Gasteiger partial charge is 0.490 e. The van der Waals surface area contributed by atoms with Crippen molar-refractivity contribution in [3.63, 3.8) is 0 Å². The Morgan fingerprint density at radius 2 is 1.69 bits per heavy atom. The smallest absolute Gasteiger partial charge is 0.120 e. The lowest BCUT2D eigenvalue weighted by Crippen LogP contribution is -2.30. The Hall–Kier alpha value is -2.21. The van der Waals surface area contributed by atoms with Crippen LogP contribution in [0.4, 0.5) is 5.69 Å². The minimum Gasteiger partial charge on any atom is -0.490 e. The van der Waals surface area contributed by atoms with Crippen LogP contribution in [0.1, 0.15) is 46.5 Å². The molecule has 2 aromatic rings. The molecule has 1 aliphatic carbocycles. The summed E-state index contributed by atoms with van der Waals surface area (Å²) in [5.74, 6) is 1.78. The van der Waals surface area contributed by atoms with Gasteiger partial charge in [-0.25, -0.2) is 0 Å². The van der Waals surface area contributed by atoms with E-state index in [0.29, 0.717) is 18.1 Å². The Kier molecular flexibility index (Phi) is 5.41. The summed E-state index contributed by atoms with van der Waals surface area (Å²) >= 11 is 0. The lowest BCUT2D eigenvalue weighted by atomic mass is 9.72. The van der Waals surface area contributed by atoms with Gasteiger partial charge in [-0.05, 0) is 72.1 Å². The second kappa shape index (κ2) is 7.58. The van der Waals surface area contributed by atoms with Gasteiger partial charge in [0, 0.05) is 12.7 Å². The highest BCUT2D eigenvalue weighted by atomic mass is 16.5. The molecule has 0 N–H and O–H groups in total. The number of fused-ring (bicyclic) bond motifs is 1. The molecule has 3 heteroatoms. The van der Waals surface area contributed by atoms with Crippen molar-refractivity contribution in [3.05, 3.63) is 36.4 Å². The molecule has 26 heavy (non-hydrogen) atoms. The molecule has 0 aromatic heterocycles. The molecule has 3 nitrogen and oxygen atoms in total. The maximum absolute atomic E-state index is 8.86. The molecule has 0 radical (unpaired) electrons. The monoisotopic (exact) mass is 350 g/mol. The average molecular weight is 351 g/mol. The van der Waals surface area contributed by atoms with Crippen molar-refractivity contribution in [1.29, 1.82) is 5.26 Å². The molecule has 1 fully saturated rings. The second-order valence-corrected chi connectivity index (χ2v) is 8.66. The van der Waals surface area contributed by atoms with Gasteiger partial charge in [0.25, 0.3) is 0 Å². The van der Waals surface area contributed by atoms with Crippen LogP contribution >= 0.6 is 0 Å². The van der Waals surface area contributed by atoms with Gasteiger partial charge in [0.05, 0.1) is 12.2 Å². The van der Waals surface area contributed by atoms with Crippen LogP contribution in [0.2, 0.25) is 0 Å². The fraction of sp³-hybridized carbons (Fsp3) is 0.522. The number of nitriles is 1. The summed E-state index contributed by atoms with van der Waals surface area (Å²) in [5, 5.41) is 11.2. The van der Waals surface area contributed by atoms with Crippen LogP contribution < -0.4 is 9.64 Å². The average Bonchev–Trinajstić information content (AvgIpc) is 2.61. The summed E-state index contributed by atoms with van der Waals surface area (Å²) in [4.78, 5) is 1.96. The van der Waals surface area contributed by atoms with Gasteiger partial charge in [-0.15, -0.1) is 0 Å². The Morgan fingerprint density at radius 1 is 1.04 bits per heavy atom. The van der Waals surface area contributed by atoms with E-state index < -0.39 is 0 Å². The normalized spacial score (nSPS) is 20.6. The van der Waals surface area contributed by atoms with Gasteiger partial charge in [0.15, 0.2) is 0 Å². The fourth-order valence-corrected chi connectivity index (χ4v) is 3.96. The minimum absolute atomic E-state index is 0.340. The van der Waals surface area contributed by atoms with Crippen molar-refractivity contribution in [2.24, 2.45) is 11.3 Å². The Morgan fingerprint density at radius 3 is 2.35 bits per heavy atom. The number of hydrogen-bond acceptors (Lipinski definition) is 3. The first-order valence-electron chi connectivity index (χ1n) is 9.65. The number of nitrogens with zero attached hydrogens (tertiary/aromatic N) is 2. The highest BCUT2D eigenvalue weighted by molar-refractivity contribution is 5.87. The maximum atomic E-state index is 8.86. The van der Waals surface area contributed by atoms with Crippen molar-refractivity contribution >= 4 is 16.5 Å². The van der Waals surface area contributed by atoms with Crippen LogP contribution in [0.5, 0.6) is 5.75 Å². The van der Waals surface area contributed by atoms with E-state index in [9.17, 15) is 0 Å². The van der Waals surface area contributed by atoms with E-state index in [0.717, 1.165) is 30.2 Å². The van der Waals surface area contributed by atoms with Gasteiger partial charge in [0.1, 0.15) is 12.3 Å². The van der Waals surface area contributed by atoms with E-state index in [2.05, 4.69) is 63.2 Å². The highest BCUT2D eigenvalue weighted by Crippen LogP contribution is 2.39. The van der Waals surface area contributed by atoms with E-state index >= 15 is 0 Å². The first-order valence-corrected chi connectivity index (χ1v) is 9.65. The predicted molar refractivity (Wildman–Crippen MR) is 109 cm³/mol. The third-order valence-electron chi connectivity index (χ3n) is 5.75. The number of anilines is 1. The topological polar surface area (TPSA) is 36.3 Å². The van der Waals surface area contributed by atoms with E-state index in [1.807, 2.05) is 11.9 Å². The zero-order chi connectivity index (χ0) is 18.7. The molecule has 0 atom stereocenters. The quantitative estimate of drug-likeness (QED) is 0.655. The molecule has 0 bridgehead atoms. The first-order chi connectivity index (χ1) is 12.4. The third-order valence-corrected chi connectivity index (χ3v) is 5.75. The molecule has 0 heterocycles. The number of benzene rings is 2. The van der Waals surface area contributed by atoms with Crippen molar-refractivity contribution in [2.45, 2.75) is 52.6 Å². The number of hydrogen-bond donors (Lipinski definition) is 0. The molecule has 0 unspecified atom stereocenters. The molecule has 0 spiro atoms. The van der Waals surface area contributed by atoms with Crippen LogP contribution in [0, 0.1) is 22.7 Å². The zero-order valence-electron chi connectivity index (χ0n) is 16.5. The van der Waals surface area contributed by atoms with Crippen LogP contribution in [0.25, 0.3) is 10.8 Å². The van der Waals surface area contributed by atoms with E-state index in [4.69, 9.17) is 10.00 Å². The van der Waals surface area contributed by atoms with Crippen molar-refractivity contribution in [3.8, 4) is 11.8 Å². The molecule has 1 aliphatic rings. The van der Waals surface area contributed by atoms with Crippen LogP contribution in [-0.2, 0) is 0 Å². The molecule has 2 aromatic carbocycles. The van der Waals surface area contributed by atoms with E-state index in [1.54, 1.807) is 0 Å².